The number of carbonyl (C=O) groups is 1. The van der Waals surface area contributed by atoms with E-state index in [-0.39, 0.29) is 11.5 Å². The molecule has 0 aliphatic rings. The first-order valence-electron chi connectivity index (χ1n) is 9.48. The highest BCUT2D eigenvalue weighted by Gasteiger charge is 2.17. The second-order valence-electron chi connectivity index (χ2n) is 6.34. The molecule has 142 valence electrons. The lowest BCUT2D eigenvalue weighted by molar-refractivity contribution is 0.142. The third-order valence-corrected chi connectivity index (χ3v) is 4.17. The van der Waals surface area contributed by atoms with Crippen LogP contribution in [0.15, 0.2) is 12.1 Å². The molecule has 1 aromatic rings. The lowest BCUT2D eigenvalue weighted by atomic mass is 10.1. The summed E-state index contributed by atoms with van der Waals surface area (Å²) >= 11 is 0. The molecule has 0 bridgehead atoms. The molecule has 0 heterocycles. The molecule has 0 unspecified atom stereocenters. The van der Waals surface area contributed by atoms with Gasteiger partial charge in [-0.15, -0.1) is 0 Å². The smallest absolute Gasteiger partial charge is 0.502 e. The molecule has 5 nitrogen and oxygen atoms in total. The highest BCUT2D eigenvalue weighted by atomic mass is 16.7. The summed E-state index contributed by atoms with van der Waals surface area (Å²) in [6.45, 7) is 4.84. The van der Waals surface area contributed by atoms with Crippen LogP contribution >= 0.6 is 0 Å². The quantitative estimate of drug-likeness (QED) is 0.262. The highest BCUT2D eigenvalue weighted by molar-refractivity contribution is 5.65. The zero-order valence-corrected chi connectivity index (χ0v) is 15.6. The molecule has 0 radical (unpaired) electrons. The fourth-order valence-corrected chi connectivity index (χ4v) is 2.75. The summed E-state index contributed by atoms with van der Waals surface area (Å²) < 4.78 is 10.4. The Morgan fingerprint density at radius 2 is 1.60 bits per heavy atom. The predicted molar refractivity (Wildman–Crippen MR) is 98.9 cm³/mol. The zero-order valence-electron chi connectivity index (χ0n) is 15.6. The normalized spacial score (nSPS) is 10.6. The molecular formula is C20H32O5. The van der Waals surface area contributed by atoms with Crippen molar-refractivity contribution in [1.82, 2.24) is 0 Å². The number of phenolic OH excluding ortho intramolecular Hbond substituents is 1. The Morgan fingerprint density at radius 1 is 0.960 bits per heavy atom. The van der Waals surface area contributed by atoms with Gasteiger partial charge in [-0.2, -0.15) is 0 Å². The van der Waals surface area contributed by atoms with Gasteiger partial charge in [0.15, 0.2) is 11.5 Å². The Kier molecular flexibility index (Phi) is 10.5. The summed E-state index contributed by atoms with van der Waals surface area (Å²) in [4.78, 5) is 10.7. The van der Waals surface area contributed by atoms with E-state index in [0.29, 0.717) is 12.4 Å². The van der Waals surface area contributed by atoms with Crippen molar-refractivity contribution in [2.24, 2.45) is 0 Å². The van der Waals surface area contributed by atoms with E-state index < -0.39 is 6.16 Å². The first kappa shape index (κ1) is 21.1. The van der Waals surface area contributed by atoms with E-state index in [0.717, 1.165) is 44.1 Å². The molecule has 1 aromatic carbocycles. The maximum absolute atomic E-state index is 10.7. The number of carboxylic acid groups (broad SMARTS) is 1. The standard InChI is InChI=1S/C20H32O5/c1-3-5-7-8-9-11-15-24-19-16(12-10-6-4-2)13-14-17(18(19)21)25-20(22)23/h13-14,21H,3-12,15H2,1-2H3,(H,22,23). The van der Waals surface area contributed by atoms with Crippen LogP contribution in [0.2, 0.25) is 0 Å². The minimum atomic E-state index is -1.45. The molecule has 0 spiro atoms. The minimum Gasteiger partial charge on any atom is -0.502 e. The molecule has 0 saturated carbocycles. The van der Waals surface area contributed by atoms with E-state index in [1.165, 1.54) is 31.7 Å². The summed E-state index contributed by atoms with van der Waals surface area (Å²) in [5, 5.41) is 19.1. The maximum Gasteiger partial charge on any atom is 0.511 e. The Morgan fingerprint density at radius 3 is 2.28 bits per heavy atom. The number of benzene rings is 1. The number of hydrogen-bond acceptors (Lipinski definition) is 4. The van der Waals surface area contributed by atoms with Crippen molar-refractivity contribution in [1.29, 1.82) is 0 Å². The second-order valence-corrected chi connectivity index (χ2v) is 6.34. The summed E-state index contributed by atoms with van der Waals surface area (Å²) in [5.74, 6) is 0.0653. The number of rotatable bonds is 13. The average Bonchev–Trinajstić information content (AvgIpc) is 2.58. The number of phenols is 1. The van der Waals surface area contributed by atoms with Gasteiger partial charge in [0.1, 0.15) is 0 Å². The lowest BCUT2D eigenvalue weighted by Crippen LogP contribution is -2.06. The van der Waals surface area contributed by atoms with E-state index in [9.17, 15) is 9.90 Å². The summed E-state index contributed by atoms with van der Waals surface area (Å²) in [6.07, 6.45) is 9.49. The van der Waals surface area contributed by atoms with Crippen LogP contribution in [0.4, 0.5) is 4.79 Å². The molecule has 0 atom stereocenters. The van der Waals surface area contributed by atoms with E-state index in [1.54, 1.807) is 6.07 Å². The van der Waals surface area contributed by atoms with E-state index >= 15 is 0 Å². The van der Waals surface area contributed by atoms with Gasteiger partial charge in [-0.3, -0.25) is 0 Å². The number of hydrogen-bond donors (Lipinski definition) is 2. The van der Waals surface area contributed by atoms with Gasteiger partial charge in [0.2, 0.25) is 5.75 Å². The molecule has 2 N–H and O–H groups in total. The van der Waals surface area contributed by atoms with Crippen molar-refractivity contribution in [3.05, 3.63) is 17.7 Å². The van der Waals surface area contributed by atoms with Crippen molar-refractivity contribution < 1.29 is 24.5 Å². The van der Waals surface area contributed by atoms with E-state index in [4.69, 9.17) is 9.84 Å². The van der Waals surface area contributed by atoms with Crippen LogP contribution in [-0.2, 0) is 6.42 Å². The van der Waals surface area contributed by atoms with Crippen molar-refractivity contribution in [2.45, 2.75) is 78.1 Å². The molecular weight excluding hydrogens is 320 g/mol. The third kappa shape index (κ3) is 8.14. The van der Waals surface area contributed by atoms with Crippen molar-refractivity contribution in [3.8, 4) is 17.2 Å². The lowest BCUT2D eigenvalue weighted by Gasteiger charge is -2.15. The van der Waals surface area contributed by atoms with Gasteiger partial charge in [0.25, 0.3) is 0 Å². The van der Waals surface area contributed by atoms with E-state index in [1.807, 2.05) is 0 Å². The Bertz CT molecular complexity index is 513. The van der Waals surface area contributed by atoms with Crippen LogP contribution in [0.25, 0.3) is 0 Å². The van der Waals surface area contributed by atoms with Crippen LogP contribution in [0.5, 0.6) is 17.2 Å². The Balaban J connectivity index is 2.68. The molecule has 25 heavy (non-hydrogen) atoms. The first-order valence-corrected chi connectivity index (χ1v) is 9.48. The van der Waals surface area contributed by atoms with Gasteiger partial charge in [0.05, 0.1) is 6.61 Å². The van der Waals surface area contributed by atoms with Gasteiger partial charge >= 0.3 is 6.16 Å². The van der Waals surface area contributed by atoms with E-state index in [2.05, 4.69) is 18.6 Å². The SMILES string of the molecule is CCCCCCCCOc1c(CCCCC)ccc(OC(=O)O)c1O. The first-order chi connectivity index (χ1) is 12.1. The number of aryl methyl sites for hydroxylation is 1. The summed E-state index contributed by atoms with van der Waals surface area (Å²) in [5.41, 5.74) is 0.898. The van der Waals surface area contributed by atoms with Gasteiger partial charge in [0, 0.05) is 0 Å². The van der Waals surface area contributed by atoms with Crippen molar-refractivity contribution in [3.63, 3.8) is 0 Å². The fraction of sp³-hybridized carbons (Fsp3) is 0.650. The summed E-state index contributed by atoms with van der Waals surface area (Å²) in [6, 6.07) is 3.27. The molecule has 0 aromatic heterocycles. The number of unbranched alkanes of at least 4 members (excludes halogenated alkanes) is 7. The fourth-order valence-electron chi connectivity index (χ4n) is 2.75. The molecule has 0 saturated heterocycles. The molecule has 0 amide bonds. The van der Waals surface area contributed by atoms with Gasteiger partial charge < -0.3 is 19.7 Å². The minimum absolute atomic E-state index is 0.0790. The van der Waals surface area contributed by atoms with Crippen molar-refractivity contribution >= 4 is 6.16 Å². The Labute approximate surface area is 151 Å². The van der Waals surface area contributed by atoms with Crippen LogP contribution in [0.1, 0.15) is 77.2 Å². The van der Waals surface area contributed by atoms with Crippen molar-refractivity contribution in [2.75, 3.05) is 6.61 Å². The molecule has 0 aliphatic carbocycles. The molecule has 1 rings (SSSR count). The van der Waals surface area contributed by atoms with Gasteiger partial charge in [-0.25, -0.2) is 4.79 Å². The van der Waals surface area contributed by atoms with Crippen LogP contribution in [0, 0.1) is 0 Å². The molecule has 0 fully saturated rings. The monoisotopic (exact) mass is 352 g/mol. The number of ether oxygens (including phenoxy) is 2. The largest absolute Gasteiger partial charge is 0.511 e. The van der Waals surface area contributed by atoms with Crippen LogP contribution in [0.3, 0.4) is 0 Å². The topological polar surface area (TPSA) is 76.0 Å². The number of aromatic hydroxyl groups is 1. The predicted octanol–water partition coefficient (Wildman–Crippen LogP) is 5.92. The zero-order chi connectivity index (χ0) is 18.5. The molecule has 5 heteroatoms. The highest BCUT2D eigenvalue weighted by Crippen LogP contribution is 2.40. The van der Waals surface area contributed by atoms with Crippen LogP contribution in [-0.4, -0.2) is 23.0 Å². The second kappa shape index (κ2) is 12.5. The van der Waals surface area contributed by atoms with Crippen LogP contribution < -0.4 is 9.47 Å². The summed E-state index contributed by atoms with van der Waals surface area (Å²) in [7, 11) is 0. The van der Waals surface area contributed by atoms with Gasteiger partial charge in [-0.05, 0) is 30.9 Å². The third-order valence-electron chi connectivity index (χ3n) is 4.17. The molecule has 0 aliphatic heterocycles. The Hall–Kier alpha value is -1.91. The average molecular weight is 352 g/mol. The maximum atomic E-state index is 10.7. The van der Waals surface area contributed by atoms with Gasteiger partial charge in [-0.1, -0.05) is 64.9 Å².